The van der Waals surface area contributed by atoms with Crippen LogP contribution >= 0.6 is 27.5 Å². The molecule has 0 aliphatic heterocycles. The highest BCUT2D eigenvalue weighted by molar-refractivity contribution is 9.09. The molecule has 2 aliphatic carbocycles. The first kappa shape index (κ1) is 15.7. The highest BCUT2D eigenvalue weighted by atomic mass is 79.9. The van der Waals surface area contributed by atoms with Gasteiger partial charge in [0.2, 0.25) is 0 Å². The van der Waals surface area contributed by atoms with E-state index in [1.165, 1.54) is 44.6 Å². The predicted octanol–water partition coefficient (Wildman–Crippen LogP) is 6.66. The van der Waals surface area contributed by atoms with Gasteiger partial charge in [-0.05, 0) is 54.7 Å². The van der Waals surface area contributed by atoms with E-state index in [1.807, 2.05) is 0 Å². The van der Waals surface area contributed by atoms with Crippen molar-refractivity contribution in [1.29, 1.82) is 0 Å². The van der Waals surface area contributed by atoms with Crippen LogP contribution in [0.3, 0.4) is 0 Å². The number of benzene rings is 1. The van der Waals surface area contributed by atoms with Gasteiger partial charge in [0, 0.05) is 9.85 Å². The second-order valence-corrected chi connectivity index (χ2v) is 7.96. The summed E-state index contributed by atoms with van der Waals surface area (Å²) in [4.78, 5) is 0.0166. The van der Waals surface area contributed by atoms with E-state index in [1.54, 1.807) is 0 Å². The molecule has 3 rings (SSSR count). The van der Waals surface area contributed by atoms with Gasteiger partial charge in [-0.1, -0.05) is 53.2 Å². The van der Waals surface area contributed by atoms with E-state index in [0.717, 1.165) is 24.3 Å². The molecular formula is C17H20BrClF2. The van der Waals surface area contributed by atoms with Crippen LogP contribution in [0, 0.1) is 29.4 Å². The van der Waals surface area contributed by atoms with Crippen LogP contribution in [0.1, 0.15) is 55.3 Å². The first-order chi connectivity index (χ1) is 10.1. The van der Waals surface area contributed by atoms with Gasteiger partial charge in [-0.15, -0.1) is 0 Å². The van der Waals surface area contributed by atoms with Gasteiger partial charge < -0.3 is 0 Å². The van der Waals surface area contributed by atoms with Crippen molar-refractivity contribution >= 4 is 27.5 Å². The van der Waals surface area contributed by atoms with Crippen molar-refractivity contribution in [3.8, 4) is 0 Å². The topological polar surface area (TPSA) is 0 Å². The Balaban J connectivity index is 1.76. The summed E-state index contributed by atoms with van der Waals surface area (Å²) >= 11 is 9.82. The summed E-state index contributed by atoms with van der Waals surface area (Å²) in [7, 11) is 0. The van der Waals surface area contributed by atoms with Crippen molar-refractivity contribution in [1.82, 2.24) is 0 Å². The zero-order chi connectivity index (χ0) is 15.0. The SMILES string of the molecule is Fc1cc(Cl)c(C(Br)C2CCC3CCCCC3C2)cc1F. The molecule has 0 saturated heterocycles. The Morgan fingerprint density at radius 2 is 1.67 bits per heavy atom. The second-order valence-electron chi connectivity index (χ2n) is 6.57. The maximum atomic E-state index is 13.5. The molecule has 2 saturated carbocycles. The van der Waals surface area contributed by atoms with Crippen LogP contribution < -0.4 is 0 Å². The molecular weight excluding hydrogens is 358 g/mol. The molecule has 21 heavy (non-hydrogen) atoms. The van der Waals surface area contributed by atoms with E-state index in [9.17, 15) is 8.78 Å². The minimum absolute atomic E-state index is 0.0166. The zero-order valence-corrected chi connectivity index (χ0v) is 14.3. The number of fused-ring (bicyclic) bond motifs is 1. The fourth-order valence-electron chi connectivity index (χ4n) is 4.18. The average Bonchev–Trinajstić information content (AvgIpc) is 2.50. The number of hydrogen-bond donors (Lipinski definition) is 0. The molecule has 0 nitrogen and oxygen atoms in total. The van der Waals surface area contributed by atoms with Crippen molar-refractivity contribution in [2.24, 2.45) is 17.8 Å². The Kier molecular flexibility index (Phi) is 4.90. The minimum Gasteiger partial charge on any atom is -0.204 e. The maximum absolute atomic E-state index is 13.5. The Bertz CT molecular complexity index is 520. The third-order valence-corrected chi connectivity index (χ3v) is 6.90. The molecule has 0 amide bonds. The van der Waals surface area contributed by atoms with Crippen molar-refractivity contribution in [3.05, 3.63) is 34.4 Å². The standard InChI is InChI=1S/C17H20BrClF2/c18-17(13-8-15(20)16(21)9-14(13)19)12-6-5-10-3-1-2-4-11(10)7-12/h8-12,17H,1-7H2. The van der Waals surface area contributed by atoms with Crippen LogP contribution in [0.25, 0.3) is 0 Å². The molecule has 0 radical (unpaired) electrons. The van der Waals surface area contributed by atoms with Crippen molar-refractivity contribution < 1.29 is 8.78 Å². The molecule has 0 heterocycles. The molecule has 116 valence electrons. The van der Waals surface area contributed by atoms with Crippen molar-refractivity contribution in [2.45, 2.75) is 49.8 Å². The van der Waals surface area contributed by atoms with Gasteiger partial charge in [0.25, 0.3) is 0 Å². The van der Waals surface area contributed by atoms with E-state index in [4.69, 9.17) is 11.6 Å². The van der Waals surface area contributed by atoms with E-state index in [0.29, 0.717) is 16.5 Å². The lowest BCUT2D eigenvalue weighted by Gasteiger charge is -2.41. The molecule has 4 atom stereocenters. The smallest absolute Gasteiger partial charge is 0.160 e. The highest BCUT2D eigenvalue weighted by Crippen LogP contribution is 2.49. The van der Waals surface area contributed by atoms with Gasteiger partial charge in [-0.25, -0.2) is 8.78 Å². The third-order valence-electron chi connectivity index (χ3n) is 5.33. The number of alkyl halides is 1. The molecule has 0 bridgehead atoms. The normalized spacial score (nSPS) is 30.8. The lowest BCUT2D eigenvalue weighted by atomic mass is 9.66. The molecule has 2 aliphatic rings. The fourth-order valence-corrected chi connectivity index (χ4v) is 5.44. The summed E-state index contributed by atoms with van der Waals surface area (Å²) in [6.07, 6.45) is 9.00. The van der Waals surface area contributed by atoms with Crippen LogP contribution in [-0.4, -0.2) is 0 Å². The van der Waals surface area contributed by atoms with E-state index in [2.05, 4.69) is 15.9 Å². The summed E-state index contributed by atoms with van der Waals surface area (Å²) in [5, 5.41) is 0.321. The Morgan fingerprint density at radius 1 is 1.00 bits per heavy atom. The van der Waals surface area contributed by atoms with E-state index >= 15 is 0 Å². The van der Waals surface area contributed by atoms with Gasteiger partial charge in [-0.2, -0.15) is 0 Å². The van der Waals surface area contributed by atoms with Crippen molar-refractivity contribution in [3.63, 3.8) is 0 Å². The molecule has 2 fully saturated rings. The molecule has 1 aromatic rings. The van der Waals surface area contributed by atoms with Gasteiger partial charge >= 0.3 is 0 Å². The highest BCUT2D eigenvalue weighted by Gasteiger charge is 2.35. The first-order valence-electron chi connectivity index (χ1n) is 7.84. The molecule has 0 spiro atoms. The summed E-state index contributed by atoms with van der Waals surface area (Å²) in [6, 6.07) is 2.34. The first-order valence-corrected chi connectivity index (χ1v) is 9.14. The Labute approximate surface area is 138 Å². The van der Waals surface area contributed by atoms with E-state index in [-0.39, 0.29) is 4.83 Å². The van der Waals surface area contributed by atoms with Crippen LogP contribution in [0.2, 0.25) is 5.02 Å². The third kappa shape index (κ3) is 3.29. The summed E-state index contributed by atoms with van der Waals surface area (Å²) in [5.74, 6) is 0.466. The monoisotopic (exact) mass is 376 g/mol. The van der Waals surface area contributed by atoms with Gasteiger partial charge in [-0.3, -0.25) is 0 Å². The summed E-state index contributed by atoms with van der Waals surface area (Å²) in [5.41, 5.74) is 0.690. The van der Waals surface area contributed by atoms with Crippen molar-refractivity contribution in [2.75, 3.05) is 0 Å². The fraction of sp³-hybridized carbons (Fsp3) is 0.647. The molecule has 1 aromatic carbocycles. The lowest BCUT2D eigenvalue weighted by molar-refractivity contribution is 0.129. The van der Waals surface area contributed by atoms with E-state index < -0.39 is 11.6 Å². The van der Waals surface area contributed by atoms with Crippen LogP contribution in [-0.2, 0) is 0 Å². The van der Waals surface area contributed by atoms with Gasteiger partial charge in [0.05, 0.1) is 0 Å². The Hall–Kier alpha value is -0.150. The minimum atomic E-state index is -0.876. The largest absolute Gasteiger partial charge is 0.204 e. The number of rotatable bonds is 2. The predicted molar refractivity (Wildman–Crippen MR) is 85.8 cm³/mol. The molecule has 4 heteroatoms. The zero-order valence-electron chi connectivity index (χ0n) is 11.9. The van der Waals surface area contributed by atoms with Gasteiger partial charge in [0.15, 0.2) is 11.6 Å². The second kappa shape index (κ2) is 6.54. The Morgan fingerprint density at radius 3 is 2.43 bits per heavy atom. The average molecular weight is 378 g/mol. The quantitative estimate of drug-likeness (QED) is 0.399. The summed E-state index contributed by atoms with van der Waals surface area (Å²) in [6.45, 7) is 0. The maximum Gasteiger partial charge on any atom is 0.160 e. The lowest BCUT2D eigenvalue weighted by Crippen LogP contribution is -2.29. The molecule has 0 N–H and O–H groups in total. The number of hydrogen-bond acceptors (Lipinski definition) is 0. The molecule has 0 aromatic heterocycles. The molecule has 4 unspecified atom stereocenters. The van der Waals surface area contributed by atoms with Crippen LogP contribution in [0.15, 0.2) is 12.1 Å². The number of halogens is 4. The van der Waals surface area contributed by atoms with Crippen LogP contribution in [0.4, 0.5) is 8.78 Å². The van der Waals surface area contributed by atoms with Gasteiger partial charge in [0.1, 0.15) is 0 Å². The summed E-state index contributed by atoms with van der Waals surface area (Å²) < 4.78 is 26.7. The van der Waals surface area contributed by atoms with Crippen LogP contribution in [0.5, 0.6) is 0 Å².